The lowest BCUT2D eigenvalue weighted by Crippen LogP contribution is -2.13. The Morgan fingerprint density at radius 2 is 2.24 bits per heavy atom. The van der Waals surface area contributed by atoms with E-state index in [1.165, 1.54) is 0 Å². The Labute approximate surface area is 101 Å². The predicted molar refractivity (Wildman–Crippen MR) is 64.8 cm³/mol. The summed E-state index contributed by atoms with van der Waals surface area (Å²) in [6, 6.07) is 5.85. The van der Waals surface area contributed by atoms with Crippen molar-refractivity contribution in [2.24, 2.45) is 0 Å². The van der Waals surface area contributed by atoms with E-state index in [9.17, 15) is 0 Å². The highest BCUT2D eigenvalue weighted by Gasteiger charge is 2.04. The second-order valence-electron chi connectivity index (χ2n) is 3.80. The summed E-state index contributed by atoms with van der Waals surface area (Å²) in [7, 11) is 1.63. The maximum atomic E-state index is 5.35. The Bertz CT molecular complexity index is 480. The number of nitrogens with zero attached hydrogens (tertiary/aromatic N) is 1. The summed E-state index contributed by atoms with van der Waals surface area (Å²) in [4.78, 5) is 4.14. The van der Waals surface area contributed by atoms with E-state index in [4.69, 9.17) is 9.15 Å². The zero-order valence-corrected chi connectivity index (χ0v) is 10.1. The summed E-state index contributed by atoms with van der Waals surface area (Å²) in [5.74, 6) is 1.63. The molecule has 4 nitrogen and oxygen atoms in total. The molecule has 1 N–H and O–H groups in total. The van der Waals surface area contributed by atoms with Gasteiger partial charge in [0.1, 0.15) is 5.76 Å². The van der Waals surface area contributed by atoms with Crippen molar-refractivity contribution in [1.29, 1.82) is 0 Å². The van der Waals surface area contributed by atoms with Crippen LogP contribution in [0.25, 0.3) is 0 Å². The number of ether oxygens (including phenoxy) is 1. The Hall–Kier alpha value is -1.81. The monoisotopic (exact) mass is 232 g/mol. The smallest absolute Gasteiger partial charge is 0.217 e. The quantitative estimate of drug-likeness (QED) is 0.859. The number of nitrogens with one attached hydrogen (secondary N) is 1. The minimum absolute atomic E-state index is 0.663. The molecule has 0 aliphatic heterocycles. The third-order valence-corrected chi connectivity index (χ3v) is 2.61. The van der Waals surface area contributed by atoms with Gasteiger partial charge < -0.3 is 14.5 Å². The van der Waals surface area contributed by atoms with E-state index in [1.807, 2.05) is 25.1 Å². The lowest BCUT2D eigenvalue weighted by atomic mass is 10.2. The molecule has 17 heavy (non-hydrogen) atoms. The fraction of sp³-hybridized carbons (Fsp3) is 0.308. The highest BCUT2D eigenvalue weighted by atomic mass is 16.5. The molecule has 0 saturated heterocycles. The van der Waals surface area contributed by atoms with Gasteiger partial charge in [0.05, 0.1) is 19.9 Å². The van der Waals surface area contributed by atoms with Crippen LogP contribution in [0.5, 0.6) is 5.88 Å². The molecule has 0 atom stereocenters. The average Bonchev–Trinajstić information content (AvgIpc) is 2.76. The standard InChI is InChI=1S/C13H16N2O2/c1-10-5-7-17-12(10)9-14-8-11-4-3-6-15-13(11)16-2/h3-7,14H,8-9H2,1-2H3. The fourth-order valence-corrected chi connectivity index (χ4v) is 1.64. The third-order valence-electron chi connectivity index (χ3n) is 2.61. The summed E-state index contributed by atoms with van der Waals surface area (Å²) < 4.78 is 10.5. The van der Waals surface area contributed by atoms with Gasteiger partial charge in [0.2, 0.25) is 5.88 Å². The Balaban J connectivity index is 1.92. The van der Waals surface area contributed by atoms with Gasteiger partial charge in [-0.05, 0) is 24.6 Å². The molecule has 0 radical (unpaired) electrons. The van der Waals surface area contributed by atoms with Gasteiger partial charge in [-0.1, -0.05) is 6.07 Å². The molecular formula is C13H16N2O2. The Kier molecular flexibility index (Phi) is 3.77. The van der Waals surface area contributed by atoms with Crippen LogP contribution in [0, 0.1) is 6.92 Å². The van der Waals surface area contributed by atoms with Crippen molar-refractivity contribution in [3.05, 3.63) is 47.5 Å². The van der Waals surface area contributed by atoms with Gasteiger partial charge in [-0.15, -0.1) is 0 Å². The van der Waals surface area contributed by atoms with E-state index < -0.39 is 0 Å². The molecule has 0 amide bonds. The molecule has 0 bridgehead atoms. The molecule has 0 fully saturated rings. The first-order chi connectivity index (χ1) is 8.31. The largest absolute Gasteiger partial charge is 0.481 e. The number of hydrogen-bond acceptors (Lipinski definition) is 4. The average molecular weight is 232 g/mol. The highest BCUT2D eigenvalue weighted by molar-refractivity contribution is 5.25. The second kappa shape index (κ2) is 5.50. The SMILES string of the molecule is COc1ncccc1CNCc1occc1C. The summed E-state index contributed by atoms with van der Waals surface area (Å²) >= 11 is 0. The van der Waals surface area contributed by atoms with E-state index in [1.54, 1.807) is 19.6 Å². The molecule has 0 unspecified atom stereocenters. The maximum Gasteiger partial charge on any atom is 0.217 e. The van der Waals surface area contributed by atoms with Gasteiger partial charge in [0, 0.05) is 18.3 Å². The van der Waals surface area contributed by atoms with Crippen LogP contribution in [0.4, 0.5) is 0 Å². The molecule has 90 valence electrons. The zero-order chi connectivity index (χ0) is 12.1. The number of pyridine rings is 1. The number of furan rings is 1. The minimum atomic E-state index is 0.663. The molecule has 0 aliphatic rings. The van der Waals surface area contributed by atoms with E-state index >= 15 is 0 Å². The van der Waals surface area contributed by atoms with Crippen molar-refractivity contribution >= 4 is 0 Å². The number of hydrogen-bond donors (Lipinski definition) is 1. The number of aromatic nitrogens is 1. The van der Waals surface area contributed by atoms with E-state index in [2.05, 4.69) is 10.3 Å². The molecule has 0 aromatic carbocycles. The molecule has 2 aromatic rings. The van der Waals surface area contributed by atoms with Crippen LogP contribution in [0.2, 0.25) is 0 Å². The molecule has 4 heteroatoms. The second-order valence-corrected chi connectivity index (χ2v) is 3.80. The summed E-state index contributed by atoms with van der Waals surface area (Å²) in [6.45, 7) is 3.44. The Morgan fingerprint density at radius 1 is 1.35 bits per heavy atom. The van der Waals surface area contributed by atoms with Crippen molar-refractivity contribution in [2.75, 3.05) is 7.11 Å². The molecule has 0 saturated carbocycles. The maximum absolute atomic E-state index is 5.35. The lowest BCUT2D eigenvalue weighted by molar-refractivity contribution is 0.389. The number of aryl methyl sites for hydroxylation is 1. The first-order valence-electron chi connectivity index (χ1n) is 5.53. The topological polar surface area (TPSA) is 47.3 Å². The normalized spacial score (nSPS) is 10.5. The number of rotatable bonds is 5. The van der Waals surface area contributed by atoms with Gasteiger partial charge in [0.25, 0.3) is 0 Å². The van der Waals surface area contributed by atoms with Gasteiger partial charge in [-0.25, -0.2) is 4.98 Å². The van der Waals surface area contributed by atoms with Gasteiger partial charge in [0.15, 0.2) is 0 Å². The van der Waals surface area contributed by atoms with Crippen LogP contribution >= 0.6 is 0 Å². The van der Waals surface area contributed by atoms with Crippen molar-refractivity contribution in [2.45, 2.75) is 20.0 Å². The van der Waals surface area contributed by atoms with Crippen LogP contribution in [0.3, 0.4) is 0 Å². The molecule has 0 spiro atoms. The summed E-state index contributed by atoms with van der Waals surface area (Å²) in [6.07, 6.45) is 3.43. The van der Waals surface area contributed by atoms with Crippen LogP contribution in [0.15, 0.2) is 35.1 Å². The van der Waals surface area contributed by atoms with Crippen molar-refractivity contribution in [3.63, 3.8) is 0 Å². The van der Waals surface area contributed by atoms with Crippen LogP contribution in [0.1, 0.15) is 16.9 Å². The van der Waals surface area contributed by atoms with Crippen LogP contribution in [-0.4, -0.2) is 12.1 Å². The lowest BCUT2D eigenvalue weighted by Gasteiger charge is -2.07. The van der Waals surface area contributed by atoms with Gasteiger partial charge >= 0.3 is 0 Å². The zero-order valence-electron chi connectivity index (χ0n) is 10.1. The predicted octanol–water partition coefficient (Wildman–Crippen LogP) is 2.28. The summed E-state index contributed by atoms with van der Waals surface area (Å²) in [5, 5.41) is 3.31. The molecule has 2 heterocycles. The van der Waals surface area contributed by atoms with Gasteiger partial charge in [-0.2, -0.15) is 0 Å². The third kappa shape index (κ3) is 2.85. The van der Waals surface area contributed by atoms with Crippen molar-refractivity contribution in [1.82, 2.24) is 10.3 Å². The molecular weight excluding hydrogens is 216 g/mol. The Morgan fingerprint density at radius 3 is 2.94 bits per heavy atom. The molecule has 2 rings (SSSR count). The van der Waals surface area contributed by atoms with E-state index in [-0.39, 0.29) is 0 Å². The first kappa shape index (κ1) is 11.7. The molecule has 0 aliphatic carbocycles. The van der Waals surface area contributed by atoms with Crippen molar-refractivity contribution < 1.29 is 9.15 Å². The van der Waals surface area contributed by atoms with E-state index in [0.717, 1.165) is 16.9 Å². The minimum Gasteiger partial charge on any atom is -0.481 e. The van der Waals surface area contributed by atoms with Crippen LogP contribution < -0.4 is 10.1 Å². The fourth-order valence-electron chi connectivity index (χ4n) is 1.64. The highest BCUT2D eigenvalue weighted by Crippen LogP contribution is 2.14. The van der Waals surface area contributed by atoms with Crippen LogP contribution in [-0.2, 0) is 13.1 Å². The molecule has 2 aromatic heterocycles. The van der Waals surface area contributed by atoms with Gasteiger partial charge in [-0.3, -0.25) is 0 Å². The first-order valence-corrected chi connectivity index (χ1v) is 5.53. The van der Waals surface area contributed by atoms with Crippen molar-refractivity contribution in [3.8, 4) is 5.88 Å². The number of methoxy groups -OCH3 is 1. The summed E-state index contributed by atoms with van der Waals surface area (Å²) in [5.41, 5.74) is 2.20. The van der Waals surface area contributed by atoms with E-state index in [0.29, 0.717) is 19.0 Å².